The molecule has 4 rings (SSSR count). The number of rotatable bonds is 8. The first kappa shape index (κ1) is 21.5. The molecule has 0 N–H and O–H groups in total. The molecule has 0 radical (unpaired) electrons. The third kappa shape index (κ3) is 5.11. The van der Waals surface area contributed by atoms with Crippen LogP contribution in [0.1, 0.15) is 16.8 Å². The molecule has 0 unspecified atom stereocenters. The van der Waals surface area contributed by atoms with Crippen LogP contribution >= 0.6 is 11.6 Å². The zero-order chi connectivity index (χ0) is 22.3. The predicted molar refractivity (Wildman–Crippen MR) is 124 cm³/mol. The molecule has 5 nitrogen and oxygen atoms in total. The van der Waals surface area contributed by atoms with Gasteiger partial charge in [-0.05, 0) is 36.8 Å². The van der Waals surface area contributed by atoms with Crippen molar-refractivity contribution in [2.75, 3.05) is 6.61 Å². The number of fused-ring (bicyclic) bond motifs is 1. The number of nitriles is 1. The molecule has 0 bridgehead atoms. The molecule has 32 heavy (non-hydrogen) atoms. The highest BCUT2D eigenvalue weighted by molar-refractivity contribution is 6.35. The minimum absolute atomic E-state index is 0.00595. The maximum absolute atomic E-state index is 8.82. The molecule has 0 amide bonds. The Kier molecular flexibility index (Phi) is 6.74. The second kappa shape index (κ2) is 10.0. The Hall–Kier alpha value is -3.75. The van der Waals surface area contributed by atoms with Gasteiger partial charge in [0.15, 0.2) is 6.61 Å². The van der Waals surface area contributed by atoms with Crippen molar-refractivity contribution in [2.45, 2.75) is 20.1 Å². The van der Waals surface area contributed by atoms with Gasteiger partial charge in [0.05, 0.1) is 16.2 Å². The Bertz CT molecular complexity index is 1280. The smallest absolute Gasteiger partial charge is 0.174 e. The summed E-state index contributed by atoms with van der Waals surface area (Å²) in [4.78, 5) is 4.61. The van der Waals surface area contributed by atoms with Gasteiger partial charge in [-0.3, -0.25) is 0 Å². The van der Waals surface area contributed by atoms with E-state index in [2.05, 4.69) is 4.98 Å². The van der Waals surface area contributed by atoms with Gasteiger partial charge in [0, 0.05) is 17.0 Å². The van der Waals surface area contributed by atoms with Crippen molar-refractivity contribution >= 4 is 22.5 Å². The zero-order valence-corrected chi connectivity index (χ0v) is 18.3. The van der Waals surface area contributed by atoms with Crippen molar-refractivity contribution in [3.05, 3.63) is 94.6 Å². The van der Waals surface area contributed by atoms with E-state index in [1.807, 2.05) is 85.8 Å². The van der Waals surface area contributed by atoms with Crippen LogP contribution in [-0.2, 0) is 13.2 Å². The van der Waals surface area contributed by atoms with Crippen molar-refractivity contribution in [3.8, 4) is 23.3 Å². The summed E-state index contributed by atoms with van der Waals surface area (Å²) in [7, 11) is 0. The topological polar surface area (TPSA) is 64.4 Å². The Morgan fingerprint density at radius 1 is 0.875 bits per heavy atom. The van der Waals surface area contributed by atoms with Gasteiger partial charge in [-0.1, -0.05) is 54.1 Å². The Balaban J connectivity index is 1.43. The van der Waals surface area contributed by atoms with Crippen LogP contribution in [0.3, 0.4) is 0 Å². The largest absolute Gasteiger partial charge is 0.489 e. The van der Waals surface area contributed by atoms with Crippen LogP contribution in [0.4, 0.5) is 0 Å². The van der Waals surface area contributed by atoms with E-state index in [4.69, 9.17) is 31.1 Å². The monoisotopic (exact) mass is 444 g/mol. The summed E-state index contributed by atoms with van der Waals surface area (Å²) in [6.07, 6.45) is 0. The number of hydrogen-bond acceptors (Lipinski definition) is 5. The average Bonchev–Trinajstić information content (AvgIpc) is 2.81. The maximum atomic E-state index is 8.82. The zero-order valence-electron chi connectivity index (χ0n) is 17.5. The normalized spacial score (nSPS) is 10.5. The summed E-state index contributed by atoms with van der Waals surface area (Å²) >= 11 is 6.38. The Morgan fingerprint density at radius 3 is 2.44 bits per heavy atom. The number of pyridine rings is 1. The number of aryl methyl sites for hydroxylation is 1. The van der Waals surface area contributed by atoms with Gasteiger partial charge >= 0.3 is 0 Å². The highest BCUT2D eigenvalue weighted by Gasteiger charge is 2.09. The lowest BCUT2D eigenvalue weighted by molar-refractivity contribution is 0.281. The predicted octanol–water partition coefficient (Wildman–Crippen LogP) is 6.26. The summed E-state index contributed by atoms with van der Waals surface area (Å²) in [6.45, 7) is 2.54. The van der Waals surface area contributed by atoms with Crippen LogP contribution in [0.2, 0.25) is 5.02 Å². The number of benzene rings is 3. The maximum Gasteiger partial charge on any atom is 0.174 e. The number of hydrogen-bond donors (Lipinski definition) is 0. The quantitative estimate of drug-likeness (QED) is 0.321. The number of ether oxygens (including phenoxy) is 3. The fourth-order valence-corrected chi connectivity index (χ4v) is 3.65. The molecule has 0 aliphatic rings. The van der Waals surface area contributed by atoms with Gasteiger partial charge in [0.2, 0.25) is 0 Å². The molecule has 1 aromatic heterocycles. The molecule has 4 aromatic rings. The molecule has 0 aliphatic carbocycles. The van der Waals surface area contributed by atoms with E-state index in [0.717, 1.165) is 27.7 Å². The first-order chi connectivity index (χ1) is 15.6. The molecule has 0 saturated heterocycles. The van der Waals surface area contributed by atoms with Crippen LogP contribution in [0.25, 0.3) is 10.9 Å². The molecule has 0 aliphatic heterocycles. The van der Waals surface area contributed by atoms with Crippen molar-refractivity contribution in [3.63, 3.8) is 0 Å². The van der Waals surface area contributed by atoms with Crippen molar-refractivity contribution in [1.82, 2.24) is 4.98 Å². The summed E-state index contributed by atoms with van der Waals surface area (Å²) in [5.41, 5.74) is 3.42. The second-order valence-electron chi connectivity index (χ2n) is 7.17. The Morgan fingerprint density at radius 2 is 1.62 bits per heavy atom. The van der Waals surface area contributed by atoms with Gasteiger partial charge in [-0.2, -0.15) is 5.26 Å². The van der Waals surface area contributed by atoms with E-state index in [9.17, 15) is 0 Å². The number of aromatic nitrogens is 1. The lowest BCUT2D eigenvalue weighted by Gasteiger charge is -2.14. The van der Waals surface area contributed by atoms with E-state index in [0.29, 0.717) is 28.9 Å². The number of nitrogens with zero attached hydrogens (tertiary/aromatic N) is 2. The first-order valence-electron chi connectivity index (χ1n) is 10.1. The number of halogens is 1. The van der Waals surface area contributed by atoms with Crippen LogP contribution in [0, 0.1) is 18.3 Å². The summed E-state index contributed by atoms with van der Waals surface area (Å²) in [5, 5.41) is 10.4. The van der Waals surface area contributed by atoms with E-state index in [1.54, 1.807) is 0 Å². The minimum atomic E-state index is -0.00595. The molecule has 0 spiro atoms. The molecular weight excluding hydrogens is 424 g/mol. The van der Waals surface area contributed by atoms with Crippen molar-refractivity contribution in [1.29, 1.82) is 5.26 Å². The molecule has 1 heterocycles. The SMILES string of the molecule is Cc1cccc(COc2cccc(OCc3cc(Cl)c4ccccc4n3)c2)c1OCC#N. The molecule has 6 heteroatoms. The fraction of sp³-hybridized carbons (Fsp3) is 0.154. The van der Waals surface area contributed by atoms with E-state index in [-0.39, 0.29) is 13.2 Å². The molecule has 0 fully saturated rings. The minimum Gasteiger partial charge on any atom is -0.489 e. The van der Waals surface area contributed by atoms with E-state index in [1.165, 1.54) is 0 Å². The lowest BCUT2D eigenvalue weighted by Crippen LogP contribution is -2.03. The standard InChI is InChI=1S/C26H21ClN2O3/c1-18-6-4-7-19(26(18)30-13-12-28)16-31-21-8-5-9-22(15-21)32-17-20-14-24(27)23-10-2-3-11-25(23)29-20/h2-11,14-15H,13,16-17H2,1H3. The highest BCUT2D eigenvalue weighted by Crippen LogP contribution is 2.27. The lowest BCUT2D eigenvalue weighted by atomic mass is 10.1. The van der Waals surface area contributed by atoms with E-state index < -0.39 is 0 Å². The number of para-hydroxylation sites is 2. The van der Waals surface area contributed by atoms with Crippen LogP contribution in [-0.4, -0.2) is 11.6 Å². The highest BCUT2D eigenvalue weighted by atomic mass is 35.5. The molecule has 160 valence electrons. The summed E-state index contributed by atoms with van der Waals surface area (Å²) in [5.74, 6) is 2.01. The average molecular weight is 445 g/mol. The van der Waals surface area contributed by atoms with Gasteiger partial charge in [0.1, 0.15) is 36.5 Å². The van der Waals surface area contributed by atoms with Gasteiger partial charge < -0.3 is 14.2 Å². The van der Waals surface area contributed by atoms with Crippen molar-refractivity contribution < 1.29 is 14.2 Å². The fourth-order valence-electron chi connectivity index (χ4n) is 3.37. The van der Waals surface area contributed by atoms with Gasteiger partial charge in [0.25, 0.3) is 0 Å². The molecule has 3 aromatic carbocycles. The summed E-state index contributed by atoms with van der Waals surface area (Å²) in [6, 6.07) is 24.8. The van der Waals surface area contributed by atoms with Crippen LogP contribution in [0.5, 0.6) is 17.2 Å². The van der Waals surface area contributed by atoms with Gasteiger partial charge in [-0.15, -0.1) is 0 Å². The van der Waals surface area contributed by atoms with Crippen LogP contribution in [0.15, 0.2) is 72.8 Å². The third-order valence-corrected chi connectivity index (χ3v) is 5.19. The second-order valence-corrected chi connectivity index (χ2v) is 7.58. The molecule has 0 saturated carbocycles. The summed E-state index contributed by atoms with van der Waals surface area (Å²) < 4.78 is 17.5. The molecule has 0 atom stereocenters. The first-order valence-corrected chi connectivity index (χ1v) is 10.5. The molecular formula is C26H21ClN2O3. The van der Waals surface area contributed by atoms with Crippen molar-refractivity contribution in [2.24, 2.45) is 0 Å². The Labute approximate surface area is 191 Å². The van der Waals surface area contributed by atoms with Crippen LogP contribution < -0.4 is 14.2 Å². The van der Waals surface area contributed by atoms with Gasteiger partial charge in [-0.25, -0.2) is 4.98 Å². The third-order valence-electron chi connectivity index (χ3n) is 4.88. The van der Waals surface area contributed by atoms with E-state index >= 15 is 0 Å².